The molecule has 0 unspecified atom stereocenters. The van der Waals surface area contributed by atoms with E-state index in [2.05, 4.69) is 20.4 Å². The van der Waals surface area contributed by atoms with Crippen molar-refractivity contribution in [3.63, 3.8) is 0 Å². The fraction of sp³-hybridized carbons (Fsp3) is 0.923. The standard InChI is InChI=1S/C24H50O.C2H4O/c1-3-5-7-9-11-13-15-17-19-21-23-25-24-22-20-18-16-14-12-10-8-6-4-2;1-2-3/h3-24H2,1-2H3;2-3H,1H2. The molecular formula is C26H54O2. The van der Waals surface area contributed by atoms with Crippen LogP contribution in [-0.4, -0.2) is 18.3 Å². The van der Waals surface area contributed by atoms with E-state index in [1.165, 1.54) is 128 Å². The third-order valence-electron chi connectivity index (χ3n) is 5.28. The van der Waals surface area contributed by atoms with Crippen molar-refractivity contribution in [1.82, 2.24) is 0 Å². The maximum atomic E-state index is 7.33. The molecule has 0 bridgehead atoms. The molecule has 0 rings (SSSR count). The first-order valence-corrected chi connectivity index (χ1v) is 12.7. The van der Waals surface area contributed by atoms with E-state index in [1.807, 2.05) is 0 Å². The molecule has 0 amide bonds. The average molecular weight is 399 g/mol. The minimum atomic E-state index is 0.750. The number of hydrogen-bond donors (Lipinski definition) is 1. The Labute approximate surface area is 178 Å². The van der Waals surface area contributed by atoms with E-state index in [1.54, 1.807) is 0 Å². The fourth-order valence-corrected chi connectivity index (χ4v) is 3.49. The van der Waals surface area contributed by atoms with Crippen LogP contribution in [-0.2, 0) is 4.74 Å². The molecule has 170 valence electrons. The molecule has 0 saturated heterocycles. The summed E-state index contributed by atoms with van der Waals surface area (Å²) >= 11 is 0. The summed E-state index contributed by atoms with van der Waals surface area (Å²) in [6.45, 7) is 9.49. The van der Waals surface area contributed by atoms with Crippen molar-refractivity contribution in [2.24, 2.45) is 0 Å². The molecule has 0 aliphatic rings. The van der Waals surface area contributed by atoms with Crippen LogP contribution in [0.4, 0.5) is 0 Å². The second-order valence-electron chi connectivity index (χ2n) is 8.16. The van der Waals surface area contributed by atoms with Gasteiger partial charge in [-0.2, -0.15) is 0 Å². The van der Waals surface area contributed by atoms with E-state index in [0.29, 0.717) is 0 Å². The minimum absolute atomic E-state index is 0.750. The van der Waals surface area contributed by atoms with Crippen LogP contribution in [0.3, 0.4) is 0 Å². The summed E-state index contributed by atoms with van der Waals surface area (Å²) in [7, 11) is 0. The molecule has 28 heavy (non-hydrogen) atoms. The average Bonchev–Trinajstić information content (AvgIpc) is 2.70. The normalized spacial score (nSPS) is 10.5. The summed E-state index contributed by atoms with van der Waals surface area (Å²) in [6.07, 6.45) is 28.9. The van der Waals surface area contributed by atoms with Gasteiger partial charge in [0.05, 0.1) is 6.26 Å². The third-order valence-corrected chi connectivity index (χ3v) is 5.28. The van der Waals surface area contributed by atoms with Gasteiger partial charge in [0.25, 0.3) is 0 Å². The van der Waals surface area contributed by atoms with Gasteiger partial charge in [-0.3, -0.25) is 0 Å². The van der Waals surface area contributed by atoms with Crippen molar-refractivity contribution in [2.75, 3.05) is 13.2 Å². The maximum Gasteiger partial charge on any atom is 0.0719 e. The molecule has 0 aromatic heterocycles. The Hall–Kier alpha value is -0.500. The Bertz CT molecular complexity index is 231. The zero-order valence-electron chi connectivity index (χ0n) is 19.7. The first kappa shape index (κ1) is 29.7. The van der Waals surface area contributed by atoms with Crippen LogP contribution < -0.4 is 0 Å². The number of rotatable bonds is 22. The molecular weight excluding hydrogens is 344 g/mol. The molecule has 0 spiro atoms. The van der Waals surface area contributed by atoms with Gasteiger partial charge in [0, 0.05) is 13.2 Å². The molecule has 2 nitrogen and oxygen atoms in total. The number of hydrogen-bond acceptors (Lipinski definition) is 2. The molecule has 0 aliphatic heterocycles. The van der Waals surface area contributed by atoms with Gasteiger partial charge >= 0.3 is 0 Å². The Morgan fingerprint density at radius 3 is 0.964 bits per heavy atom. The lowest BCUT2D eigenvalue weighted by Crippen LogP contribution is -1.97. The SMILES string of the molecule is C=CO.CCCCCCCCCCCCOCCCCCCCCCCCC. The zero-order chi connectivity index (χ0) is 21.0. The molecule has 0 fully saturated rings. The van der Waals surface area contributed by atoms with Crippen LogP contribution >= 0.6 is 0 Å². The molecule has 0 atom stereocenters. The van der Waals surface area contributed by atoms with Gasteiger partial charge in [0.15, 0.2) is 0 Å². The first-order chi connectivity index (χ1) is 13.8. The van der Waals surface area contributed by atoms with Crippen LogP contribution in [0.15, 0.2) is 12.8 Å². The quantitative estimate of drug-likeness (QED) is 0.145. The zero-order valence-corrected chi connectivity index (χ0v) is 19.7. The van der Waals surface area contributed by atoms with Crippen molar-refractivity contribution < 1.29 is 9.84 Å². The molecule has 0 heterocycles. The van der Waals surface area contributed by atoms with Crippen molar-refractivity contribution >= 4 is 0 Å². The molecule has 0 radical (unpaired) electrons. The summed E-state index contributed by atoms with van der Waals surface area (Å²) in [4.78, 5) is 0. The summed E-state index contributed by atoms with van der Waals surface area (Å²) in [5.74, 6) is 0. The van der Waals surface area contributed by atoms with E-state index < -0.39 is 0 Å². The highest BCUT2D eigenvalue weighted by molar-refractivity contribution is 4.49. The Morgan fingerprint density at radius 1 is 0.500 bits per heavy atom. The number of unbranched alkanes of at least 4 members (excludes halogenated alkanes) is 18. The summed E-state index contributed by atoms with van der Waals surface area (Å²) in [6, 6.07) is 0. The smallest absolute Gasteiger partial charge is 0.0719 e. The van der Waals surface area contributed by atoms with Gasteiger partial charge in [0.1, 0.15) is 0 Å². The summed E-state index contributed by atoms with van der Waals surface area (Å²) in [5.41, 5.74) is 0. The van der Waals surface area contributed by atoms with Crippen molar-refractivity contribution in [3.05, 3.63) is 12.8 Å². The van der Waals surface area contributed by atoms with Crippen molar-refractivity contribution in [1.29, 1.82) is 0 Å². The molecule has 0 aromatic rings. The highest BCUT2D eigenvalue weighted by Crippen LogP contribution is 2.12. The lowest BCUT2D eigenvalue weighted by molar-refractivity contribution is 0.125. The highest BCUT2D eigenvalue weighted by Gasteiger charge is 1.95. The number of ether oxygens (including phenoxy) is 1. The van der Waals surface area contributed by atoms with Gasteiger partial charge in [-0.25, -0.2) is 0 Å². The molecule has 2 heteroatoms. The van der Waals surface area contributed by atoms with Gasteiger partial charge in [-0.05, 0) is 12.8 Å². The first-order valence-electron chi connectivity index (χ1n) is 12.7. The second-order valence-corrected chi connectivity index (χ2v) is 8.16. The Morgan fingerprint density at radius 2 is 0.714 bits per heavy atom. The summed E-state index contributed by atoms with van der Waals surface area (Å²) in [5, 5.41) is 7.33. The summed E-state index contributed by atoms with van der Waals surface area (Å²) < 4.78 is 5.78. The lowest BCUT2D eigenvalue weighted by Gasteiger charge is -2.05. The van der Waals surface area contributed by atoms with Crippen LogP contribution in [0, 0.1) is 0 Å². The van der Waals surface area contributed by atoms with E-state index in [9.17, 15) is 0 Å². The topological polar surface area (TPSA) is 29.5 Å². The van der Waals surface area contributed by atoms with Gasteiger partial charge in [-0.15, -0.1) is 0 Å². The number of aliphatic hydroxyl groups excluding tert-OH is 1. The molecule has 1 N–H and O–H groups in total. The largest absolute Gasteiger partial charge is 0.516 e. The van der Waals surface area contributed by atoms with E-state index in [4.69, 9.17) is 9.84 Å². The van der Waals surface area contributed by atoms with Crippen molar-refractivity contribution in [2.45, 2.75) is 142 Å². The molecule has 0 saturated carbocycles. The Kier molecular flexibility index (Phi) is 33.1. The van der Waals surface area contributed by atoms with E-state index >= 15 is 0 Å². The third kappa shape index (κ3) is 33.1. The van der Waals surface area contributed by atoms with E-state index in [-0.39, 0.29) is 0 Å². The van der Waals surface area contributed by atoms with Crippen LogP contribution in [0.2, 0.25) is 0 Å². The van der Waals surface area contributed by atoms with Gasteiger partial charge < -0.3 is 9.84 Å². The van der Waals surface area contributed by atoms with Gasteiger partial charge in [-0.1, -0.05) is 136 Å². The predicted molar refractivity (Wildman–Crippen MR) is 127 cm³/mol. The van der Waals surface area contributed by atoms with E-state index in [0.717, 1.165) is 19.5 Å². The number of aliphatic hydroxyl groups is 1. The lowest BCUT2D eigenvalue weighted by atomic mass is 10.1. The van der Waals surface area contributed by atoms with Crippen LogP contribution in [0.5, 0.6) is 0 Å². The van der Waals surface area contributed by atoms with Crippen LogP contribution in [0.25, 0.3) is 0 Å². The molecule has 0 aliphatic carbocycles. The Balaban J connectivity index is 0. The minimum Gasteiger partial charge on any atom is -0.516 e. The monoisotopic (exact) mass is 398 g/mol. The second kappa shape index (κ2) is 31.2. The van der Waals surface area contributed by atoms with Gasteiger partial charge in [0.2, 0.25) is 0 Å². The fourth-order valence-electron chi connectivity index (χ4n) is 3.49. The van der Waals surface area contributed by atoms with Crippen LogP contribution in [0.1, 0.15) is 142 Å². The maximum absolute atomic E-state index is 7.33. The highest BCUT2D eigenvalue weighted by atomic mass is 16.5. The van der Waals surface area contributed by atoms with Crippen molar-refractivity contribution in [3.8, 4) is 0 Å². The predicted octanol–water partition coefficient (Wildman–Crippen LogP) is 9.53. The molecule has 0 aromatic carbocycles.